The van der Waals surface area contributed by atoms with E-state index in [1.807, 2.05) is 18.2 Å². The highest BCUT2D eigenvalue weighted by atomic mass is 14.9. The number of hydrogen-bond acceptors (Lipinski definition) is 3. The molecule has 15 heavy (non-hydrogen) atoms. The van der Waals surface area contributed by atoms with Crippen molar-refractivity contribution in [2.45, 2.75) is 6.92 Å². The predicted octanol–water partition coefficient (Wildman–Crippen LogP) is 2.72. The first kappa shape index (κ1) is 9.52. The first-order valence-electron chi connectivity index (χ1n) is 4.78. The van der Waals surface area contributed by atoms with Crippen LogP contribution < -0.4 is 11.1 Å². The minimum absolute atomic E-state index is 0.660. The van der Waals surface area contributed by atoms with E-state index < -0.39 is 0 Å². The average Bonchev–Trinajstić information content (AvgIpc) is 2.17. The lowest BCUT2D eigenvalue weighted by molar-refractivity contribution is 1.32. The Kier molecular flexibility index (Phi) is 2.54. The average molecular weight is 199 g/mol. The van der Waals surface area contributed by atoms with E-state index in [9.17, 15) is 0 Å². The summed E-state index contributed by atoms with van der Waals surface area (Å²) in [5, 5.41) is 3.24. The zero-order chi connectivity index (χ0) is 10.7. The van der Waals surface area contributed by atoms with Crippen molar-refractivity contribution >= 4 is 17.1 Å². The molecule has 0 spiro atoms. The number of nitrogens with zero attached hydrogens (tertiary/aromatic N) is 1. The Morgan fingerprint density at radius 1 is 1.13 bits per heavy atom. The summed E-state index contributed by atoms with van der Waals surface area (Å²) < 4.78 is 0. The normalized spacial score (nSPS) is 9.93. The summed E-state index contributed by atoms with van der Waals surface area (Å²) in [6.07, 6.45) is 3.38. The molecule has 76 valence electrons. The van der Waals surface area contributed by atoms with E-state index in [1.165, 1.54) is 5.56 Å². The first-order valence-corrected chi connectivity index (χ1v) is 4.78. The van der Waals surface area contributed by atoms with Crippen LogP contribution in [0.15, 0.2) is 42.7 Å². The monoisotopic (exact) mass is 199 g/mol. The number of nitrogens with two attached hydrogens (primary N) is 1. The summed E-state index contributed by atoms with van der Waals surface area (Å²) in [7, 11) is 0. The van der Waals surface area contributed by atoms with Crippen LogP contribution in [0.25, 0.3) is 0 Å². The number of nitrogen functional groups attached to an aromatic ring is 1. The number of hydrogen-bond donors (Lipinski definition) is 2. The van der Waals surface area contributed by atoms with Gasteiger partial charge in [0.15, 0.2) is 0 Å². The van der Waals surface area contributed by atoms with Crippen molar-refractivity contribution in [3.05, 3.63) is 48.3 Å². The van der Waals surface area contributed by atoms with Crippen molar-refractivity contribution in [3.63, 3.8) is 0 Å². The summed E-state index contributed by atoms with van der Waals surface area (Å²) >= 11 is 0. The topological polar surface area (TPSA) is 50.9 Å². The number of nitrogens with one attached hydrogen (secondary N) is 1. The zero-order valence-electron chi connectivity index (χ0n) is 8.57. The SMILES string of the molecule is Cc1cccc(Nc2cncc(N)c2)c1. The molecule has 0 saturated heterocycles. The van der Waals surface area contributed by atoms with Crippen LogP contribution in [0.4, 0.5) is 17.1 Å². The van der Waals surface area contributed by atoms with Crippen molar-refractivity contribution in [2.24, 2.45) is 0 Å². The molecule has 1 aromatic heterocycles. The number of rotatable bonds is 2. The van der Waals surface area contributed by atoms with Gasteiger partial charge in [-0.25, -0.2) is 0 Å². The van der Waals surface area contributed by atoms with Gasteiger partial charge in [-0.05, 0) is 30.7 Å². The first-order chi connectivity index (χ1) is 7.24. The van der Waals surface area contributed by atoms with Crippen molar-refractivity contribution in [1.82, 2.24) is 4.98 Å². The van der Waals surface area contributed by atoms with E-state index >= 15 is 0 Å². The van der Waals surface area contributed by atoms with E-state index in [2.05, 4.69) is 29.4 Å². The lowest BCUT2D eigenvalue weighted by Crippen LogP contribution is -1.93. The molecule has 0 radical (unpaired) electrons. The van der Waals surface area contributed by atoms with Gasteiger partial charge in [0.2, 0.25) is 0 Å². The number of aryl methyl sites for hydroxylation is 1. The third-order valence-electron chi connectivity index (χ3n) is 2.07. The van der Waals surface area contributed by atoms with Crippen molar-refractivity contribution in [3.8, 4) is 0 Å². The number of aromatic nitrogens is 1. The zero-order valence-corrected chi connectivity index (χ0v) is 8.57. The molecule has 0 unspecified atom stereocenters. The number of benzene rings is 1. The largest absolute Gasteiger partial charge is 0.397 e. The predicted molar refractivity (Wildman–Crippen MR) is 63.1 cm³/mol. The standard InChI is InChI=1S/C12H13N3/c1-9-3-2-4-11(5-9)15-12-6-10(13)7-14-8-12/h2-8,15H,13H2,1H3. The van der Waals surface area contributed by atoms with Crippen LogP contribution in [0, 0.1) is 6.92 Å². The number of pyridine rings is 1. The molecular weight excluding hydrogens is 186 g/mol. The van der Waals surface area contributed by atoms with Gasteiger partial charge in [0, 0.05) is 11.9 Å². The van der Waals surface area contributed by atoms with E-state index in [1.54, 1.807) is 12.4 Å². The van der Waals surface area contributed by atoms with E-state index in [4.69, 9.17) is 5.73 Å². The Balaban J connectivity index is 2.22. The smallest absolute Gasteiger partial charge is 0.0591 e. The van der Waals surface area contributed by atoms with Crippen LogP contribution >= 0.6 is 0 Å². The van der Waals surface area contributed by atoms with E-state index in [-0.39, 0.29) is 0 Å². The molecule has 0 bridgehead atoms. The molecule has 0 amide bonds. The third kappa shape index (κ3) is 2.47. The van der Waals surface area contributed by atoms with Crippen LogP contribution in [0.3, 0.4) is 0 Å². The van der Waals surface area contributed by atoms with E-state index in [0.717, 1.165) is 11.4 Å². The minimum Gasteiger partial charge on any atom is -0.397 e. The lowest BCUT2D eigenvalue weighted by atomic mass is 10.2. The maximum atomic E-state index is 5.64. The van der Waals surface area contributed by atoms with Crippen molar-refractivity contribution in [2.75, 3.05) is 11.1 Å². The molecule has 2 rings (SSSR count). The third-order valence-corrected chi connectivity index (χ3v) is 2.07. The number of anilines is 3. The molecule has 1 aromatic carbocycles. The van der Waals surface area contributed by atoms with Gasteiger partial charge in [-0.1, -0.05) is 12.1 Å². The molecule has 1 heterocycles. The van der Waals surface area contributed by atoms with E-state index in [0.29, 0.717) is 5.69 Å². The minimum atomic E-state index is 0.660. The van der Waals surface area contributed by atoms with Crippen LogP contribution in [0.1, 0.15) is 5.56 Å². The van der Waals surface area contributed by atoms with Crippen LogP contribution in [-0.4, -0.2) is 4.98 Å². The second-order valence-electron chi connectivity index (χ2n) is 3.50. The van der Waals surface area contributed by atoms with Crippen molar-refractivity contribution < 1.29 is 0 Å². The summed E-state index contributed by atoms with van der Waals surface area (Å²) in [6.45, 7) is 2.06. The Morgan fingerprint density at radius 2 is 2.00 bits per heavy atom. The second kappa shape index (κ2) is 4.00. The van der Waals surface area contributed by atoms with Gasteiger partial charge in [0.25, 0.3) is 0 Å². The molecule has 0 aliphatic heterocycles. The molecule has 0 saturated carbocycles. The Bertz CT molecular complexity index is 422. The molecule has 3 heteroatoms. The van der Waals surface area contributed by atoms with Gasteiger partial charge in [0.1, 0.15) is 0 Å². The van der Waals surface area contributed by atoms with Gasteiger partial charge in [-0.3, -0.25) is 4.98 Å². The molecular formula is C12H13N3. The highest BCUT2D eigenvalue weighted by Gasteiger charge is 1.95. The molecule has 2 aromatic rings. The fourth-order valence-electron chi connectivity index (χ4n) is 1.42. The second-order valence-corrected chi connectivity index (χ2v) is 3.50. The fraction of sp³-hybridized carbons (Fsp3) is 0.0833. The summed E-state index contributed by atoms with van der Waals surface area (Å²) in [6, 6.07) is 10.0. The Hall–Kier alpha value is -2.03. The molecule has 0 aliphatic carbocycles. The molecule has 3 nitrogen and oxygen atoms in total. The molecule has 0 fully saturated rings. The summed E-state index contributed by atoms with van der Waals surface area (Å²) in [5.74, 6) is 0. The van der Waals surface area contributed by atoms with Crippen LogP contribution in [0.5, 0.6) is 0 Å². The maximum absolute atomic E-state index is 5.64. The van der Waals surface area contributed by atoms with Gasteiger partial charge in [-0.15, -0.1) is 0 Å². The maximum Gasteiger partial charge on any atom is 0.0591 e. The van der Waals surface area contributed by atoms with Crippen molar-refractivity contribution in [1.29, 1.82) is 0 Å². The lowest BCUT2D eigenvalue weighted by Gasteiger charge is -2.06. The summed E-state index contributed by atoms with van der Waals surface area (Å²) in [4.78, 5) is 4.02. The summed E-state index contributed by atoms with van der Waals surface area (Å²) in [5.41, 5.74) is 9.47. The quantitative estimate of drug-likeness (QED) is 0.781. The van der Waals surface area contributed by atoms with Gasteiger partial charge in [-0.2, -0.15) is 0 Å². The Morgan fingerprint density at radius 3 is 2.73 bits per heavy atom. The molecule has 0 aliphatic rings. The fourth-order valence-corrected chi connectivity index (χ4v) is 1.42. The Labute approximate surface area is 89.0 Å². The highest BCUT2D eigenvalue weighted by molar-refractivity contribution is 5.62. The van der Waals surface area contributed by atoms with Crippen LogP contribution in [0.2, 0.25) is 0 Å². The molecule has 0 atom stereocenters. The van der Waals surface area contributed by atoms with Gasteiger partial charge >= 0.3 is 0 Å². The van der Waals surface area contributed by atoms with Gasteiger partial charge < -0.3 is 11.1 Å². The van der Waals surface area contributed by atoms with Gasteiger partial charge in [0.05, 0.1) is 17.6 Å². The highest BCUT2D eigenvalue weighted by Crippen LogP contribution is 2.17. The molecule has 3 N–H and O–H groups in total. The van der Waals surface area contributed by atoms with Crippen LogP contribution in [-0.2, 0) is 0 Å².